The van der Waals surface area contributed by atoms with Gasteiger partial charge >= 0.3 is 0 Å². The first-order valence-electron chi connectivity index (χ1n) is 8.39. The largest absolute Gasteiger partial charge is 0.485 e. The lowest BCUT2D eigenvalue weighted by atomic mass is 10.0. The van der Waals surface area contributed by atoms with Gasteiger partial charge in [-0.15, -0.1) is 0 Å². The van der Waals surface area contributed by atoms with Crippen molar-refractivity contribution >= 4 is 5.91 Å². The molecule has 0 saturated heterocycles. The molecule has 0 saturated carbocycles. The summed E-state index contributed by atoms with van der Waals surface area (Å²) in [6.45, 7) is 5.71. The van der Waals surface area contributed by atoms with Gasteiger partial charge < -0.3 is 10.1 Å². The van der Waals surface area contributed by atoms with Gasteiger partial charge in [-0.3, -0.25) is 9.48 Å². The van der Waals surface area contributed by atoms with Gasteiger partial charge in [0.05, 0.1) is 17.8 Å². The Morgan fingerprint density at radius 2 is 2.12 bits per heavy atom. The number of alkyl halides is 2. The second kappa shape index (κ2) is 7.01. The highest BCUT2D eigenvalue weighted by Crippen LogP contribution is 2.38. The van der Waals surface area contributed by atoms with Crippen LogP contribution >= 0.6 is 0 Å². The molecule has 0 fully saturated rings. The van der Waals surface area contributed by atoms with E-state index in [0.717, 1.165) is 10.9 Å². The Balaban J connectivity index is 1.88. The molecule has 0 radical (unpaired) electrons. The number of amides is 1. The van der Waals surface area contributed by atoms with Crippen molar-refractivity contribution in [2.24, 2.45) is 5.92 Å². The van der Waals surface area contributed by atoms with Crippen LogP contribution in [0.1, 0.15) is 54.9 Å². The Hall–Kier alpha value is -2.51. The van der Waals surface area contributed by atoms with E-state index >= 15 is 0 Å². The molecule has 0 spiro atoms. The Bertz CT molecular complexity index is 820. The van der Waals surface area contributed by atoms with Crippen molar-refractivity contribution in [3.63, 3.8) is 0 Å². The second-order valence-electron chi connectivity index (χ2n) is 6.75. The van der Waals surface area contributed by atoms with E-state index in [-0.39, 0.29) is 23.8 Å². The molecule has 5 nitrogen and oxygen atoms in total. The Morgan fingerprint density at radius 3 is 2.77 bits per heavy atom. The zero-order valence-corrected chi connectivity index (χ0v) is 14.7. The van der Waals surface area contributed by atoms with E-state index in [2.05, 4.69) is 10.4 Å². The van der Waals surface area contributed by atoms with Gasteiger partial charge in [-0.1, -0.05) is 26.0 Å². The third-order valence-corrected chi connectivity index (χ3v) is 4.26. The SMILES string of the molecule is CC(C)Cn1ncc(C(=O)N[C@@H]2c3cccc(F)c3O[C@H]2C)c1C(F)F. The monoisotopic (exact) mass is 367 g/mol. The first-order valence-corrected chi connectivity index (χ1v) is 8.39. The lowest BCUT2D eigenvalue weighted by molar-refractivity contribution is 0.0890. The van der Waals surface area contributed by atoms with Crippen molar-refractivity contribution in [3.05, 3.63) is 47.0 Å². The van der Waals surface area contributed by atoms with Crippen LogP contribution in [0.5, 0.6) is 5.75 Å². The number of benzene rings is 1. The van der Waals surface area contributed by atoms with E-state index < -0.39 is 36.0 Å². The first kappa shape index (κ1) is 18.3. The number of aromatic nitrogens is 2. The van der Waals surface area contributed by atoms with Gasteiger partial charge in [-0.25, -0.2) is 13.2 Å². The number of para-hydroxylation sites is 1. The molecule has 0 unspecified atom stereocenters. The molecule has 1 aromatic carbocycles. The molecule has 2 aromatic rings. The number of halogens is 3. The summed E-state index contributed by atoms with van der Waals surface area (Å²) in [5.41, 5.74) is -0.112. The zero-order chi connectivity index (χ0) is 19.0. The fourth-order valence-electron chi connectivity index (χ4n) is 3.11. The molecular formula is C18H20F3N3O2. The Labute approximate surface area is 149 Å². The summed E-state index contributed by atoms with van der Waals surface area (Å²) in [6.07, 6.45) is -2.21. The minimum Gasteiger partial charge on any atom is -0.485 e. The molecule has 1 aromatic heterocycles. The Morgan fingerprint density at radius 1 is 1.38 bits per heavy atom. The molecule has 0 aliphatic carbocycles. The molecule has 3 rings (SSSR count). The predicted molar refractivity (Wildman–Crippen MR) is 88.7 cm³/mol. The minimum absolute atomic E-state index is 0.0786. The maximum atomic E-state index is 13.8. The average Bonchev–Trinajstić information content (AvgIpc) is 3.10. The molecule has 0 bridgehead atoms. The van der Waals surface area contributed by atoms with Crippen LogP contribution in [-0.2, 0) is 6.54 Å². The number of carbonyl (C=O) groups excluding carboxylic acids is 1. The van der Waals surface area contributed by atoms with Crippen molar-refractivity contribution in [2.45, 2.75) is 45.9 Å². The molecule has 1 N–H and O–H groups in total. The van der Waals surface area contributed by atoms with Crippen LogP contribution in [0.4, 0.5) is 13.2 Å². The highest BCUT2D eigenvalue weighted by Gasteiger charge is 2.35. The number of fused-ring (bicyclic) bond motifs is 1. The van der Waals surface area contributed by atoms with Crippen LogP contribution in [0.15, 0.2) is 24.4 Å². The lowest BCUT2D eigenvalue weighted by Crippen LogP contribution is -2.34. The summed E-state index contributed by atoms with van der Waals surface area (Å²) >= 11 is 0. The standard InChI is InChI=1S/C18H20F3N3O2/c1-9(2)8-24-15(17(20)21)12(7-22-24)18(25)23-14-10(3)26-16-11(14)5-4-6-13(16)19/h4-7,9-10,14,17H,8H2,1-3H3,(H,23,25)/t10-,14-/m0/s1. The van der Waals surface area contributed by atoms with E-state index in [9.17, 15) is 18.0 Å². The van der Waals surface area contributed by atoms with Crippen molar-refractivity contribution in [1.29, 1.82) is 0 Å². The van der Waals surface area contributed by atoms with Crippen molar-refractivity contribution < 1.29 is 22.7 Å². The van der Waals surface area contributed by atoms with Crippen molar-refractivity contribution in [3.8, 4) is 5.75 Å². The van der Waals surface area contributed by atoms with Gasteiger partial charge in [0.25, 0.3) is 12.3 Å². The van der Waals surface area contributed by atoms with Crippen LogP contribution in [0.25, 0.3) is 0 Å². The summed E-state index contributed by atoms with van der Waals surface area (Å²) in [7, 11) is 0. The number of nitrogens with one attached hydrogen (secondary N) is 1. The summed E-state index contributed by atoms with van der Waals surface area (Å²) in [6, 6.07) is 3.79. The Kier molecular flexibility index (Phi) is 4.93. The second-order valence-corrected chi connectivity index (χ2v) is 6.75. The maximum absolute atomic E-state index is 13.8. The van der Waals surface area contributed by atoms with Crippen LogP contribution in [0.3, 0.4) is 0 Å². The van der Waals surface area contributed by atoms with E-state index in [0.29, 0.717) is 5.56 Å². The van der Waals surface area contributed by atoms with E-state index in [1.54, 1.807) is 13.0 Å². The van der Waals surface area contributed by atoms with E-state index in [1.165, 1.54) is 12.1 Å². The molecule has 1 amide bonds. The summed E-state index contributed by atoms with van der Waals surface area (Å²) < 4.78 is 47.5. The fourth-order valence-corrected chi connectivity index (χ4v) is 3.11. The van der Waals surface area contributed by atoms with Gasteiger partial charge in [0, 0.05) is 12.1 Å². The number of hydrogen-bond donors (Lipinski definition) is 1. The van der Waals surface area contributed by atoms with E-state index in [4.69, 9.17) is 4.74 Å². The average molecular weight is 367 g/mol. The summed E-state index contributed by atoms with van der Waals surface area (Å²) in [4.78, 5) is 12.6. The van der Waals surface area contributed by atoms with E-state index in [1.807, 2.05) is 13.8 Å². The fraction of sp³-hybridized carbons (Fsp3) is 0.444. The number of ether oxygens (including phenoxy) is 1. The smallest absolute Gasteiger partial charge is 0.280 e. The number of nitrogens with zero attached hydrogens (tertiary/aromatic N) is 2. The van der Waals surface area contributed by atoms with Gasteiger partial charge in [0.1, 0.15) is 11.8 Å². The minimum atomic E-state index is -2.83. The van der Waals surface area contributed by atoms with Crippen LogP contribution in [0.2, 0.25) is 0 Å². The van der Waals surface area contributed by atoms with Gasteiger partial charge in [-0.05, 0) is 18.9 Å². The molecular weight excluding hydrogens is 347 g/mol. The molecule has 1 aliphatic heterocycles. The third-order valence-electron chi connectivity index (χ3n) is 4.26. The number of rotatable bonds is 5. The topological polar surface area (TPSA) is 56.2 Å². The van der Waals surface area contributed by atoms with Gasteiger partial charge in [0.2, 0.25) is 0 Å². The summed E-state index contributed by atoms with van der Waals surface area (Å²) in [5.74, 6) is -1.03. The quantitative estimate of drug-likeness (QED) is 0.873. The van der Waals surface area contributed by atoms with Crippen LogP contribution in [-0.4, -0.2) is 21.8 Å². The number of hydrogen-bond acceptors (Lipinski definition) is 3. The third kappa shape index (κ3) is 3.27. The molecule has 8 heteroatoms. The van der Waals surface area contributed by atoms with Crippen LogP contribution < -0.4 is 10.1 Å². The van der Waals surface area contributed by atoms with Crippen molar-refractivity contribution in [1.82, 2.24) is 15.1 Å². The zero-order valence-electron chi connectivity index (χ0n) is 14.7. The first-order chi connectivity index (χ1) is 12.3. The molecule has 2 heterocycles. The summed E-state index contributed by atoms with van der Waals surface area (Å²) in [5, 5.41) is 6.61. The van der Waals surface area contributed by atoms with Crippen molar-refractivity contribution in [2.75, 3.05) is 0 Å². The lowest BCUT2D eigenvalue weighted by Gasteiger charge is -2.17. The highest BCUT2D eigenvalue weighted by atomic mass is 19.3. The predicted octanol–water partition coefficient (Wildman–Crippen LogP) is 3.87. The van der Waals surface area contributed by atoms with Gasteiger partial charge in [0.15, 0.2) is 11.6 Å². The highest BCUT2D eigenvalue weighted by molar-refractivity contribution is 5.95. The maximum Gasteiger partial charge on any atom is 0.280 e. The normalized spacial score (nSPS) is 18.9. The van der Waals surface area contributed by atoms with Gasteiger partial charge in [-0.2, -0.15) is 5.10 Å². The number of carbonyl (C=O) groups is 1. The molecule has 1 aliphatic rings. The molecule has 2 atom stereocenters. The molecule has 26 heavy (non-hydrogen) atoms. The van der Waals surface area contributed by atoms with Crippen LogP contribution in [0, 0.1) is 11.7 Å². The molecule has 140 valence electrons.